The highest BCUT2D eigenvalue weighted by Gasteiger charge is 2.24. The van der Waals surface area contributed by atoms with E-state index in [4.69, 9.17) is 0 Å². The molecule has 0 aliphatic rings. The summed E-state index contributed by atoms with van der Waals surface area (Å²) in [6.07, 6.45) is 0. The first kappa shape index (κ1) is 22.6. The minimum Gasteiger partial charge on any atom is -0.395 e. The molecule has 0 saturated heterocycles. The minimum absolute atomic E-state index is 0.0125. The lowest BCUT2D eigenvalue weighted by atomic mass is 10.0. The Kier molecular flexibility index (Phi) is 8.36. The van der Waals surface area contributed by atoms with Crippen LogP contribution in [0.15, 0.2) is 48.5 Å². The fraction of sp³-hybridized carbons (Fsp3) is 0.391. The van der Waals surface area contributed by atoms with Gasteiger partial charge >= 0.3 is 6.03 Å². The lowest BCUT2D eigenvalue weighted by Crippen LogP contribution is -2.48. The monoisotopic (exact) mass is 397 g/mol. The summed E-state index contributed by atoms with van der Waals surface area (Å²) in [7, 11) is 0. The molecular formula is C23H31N3O3. The van der Waals surface area contributed by atoms with E-state index in [1.165, 1.54) is 0 Å². The Morgan fingerprint density at radius 3 is 2.34 bits per heavy atom. The van der Waals surface area contributed by atoms with Gasteiger partial charge in [-0.15, -0.1) is 0 Å². The third kappa shape index (κ3) is 7.00. The fourth-order valence-corrected chi connectivity index (χ4v) is 3.31. The predicted molar refractivity (Wildman–Crippen MR) is 116 cm³/mol. The van der Waals surface area contributed by atoms with Crippen LogP contribution in [0, 0.1) is 19.8 Å². The van der Waals surface area contributed by atoms with Gasteiger partial charge in [0, 0.05) is 18.3 Å². The maximum atomic E-state index is 12.5. The second kappa shape index (κ2) is 10.7. The first-order valence-corrected chi connectivity index (χ1v) is 9.87. The molecule has 2 aromatic carbocycles. The van der Waals surface area contributed by atoms with Crippen molar-refractivity contribution in [2.45, 2.75) is 40.3 Å². The number of hydrogen-bond donors (Lipinski definition) is 3. The smallest absolute Gasteiger partial charge is 0.325 e. The summed E-state index contributed by atoms with van der Waals surface area (Å²) in [5.41, 5.74) is 3.74. The van der Waals surface area contributed by atoms with Crippen molar-refractivity contribution < 1.29 is 14.7 Å². The van der Waals surface area contributed by atoms with Crippen molar-refractivity contribution >= 4 is 17.6 Å². The zero-order chi connectivity index (χ0) is 21.4. The molecular weight excluding hydrogens is 366 g/mol. The van der Waals surface area contributed by atoms with Crippen LogP contribution in [0.5, 0.6) is 0 Å². The number of hydrogen-bond acceptors (Lipinski definition) is 4. The number of urea groups is 1. The summed E-state index contributed by atoms with van der Waals surface area (Å²) < 4.78 is 0. The molecule has 6 heteroatoms. The molecule has 3 amide bonds. The van der Waals surface area contributed by atoms with E-state index in [9.17, 15) is 14.7 Å². The maximum absolute atomic E-state index is 12.5. The van der Waals surface area contributed by atoms with Crippen molar-refractivity contribution in [3.8, 4) is 0 Å². The Morgan fingerprint density at radius 2 is 1.76 bits per heavy atom. The molecule has 0 saturated carbocycles. The zero-order valence-electron chi connectivity index (χ0n) is 17.6. The second-order valence-electron chi connectivity index (χ2n) is 7.71. The second-order valence-corrected chi connectivity index (χ2v) is 7.71. The molecule has 0 bridgehead atoms. The first-order chi connectivity index (χ1) is 13.8. The lowest BCUT2D eigenvalue weighted by Gasteiger charge is -2.32. The fourth-order valence-electron chi connectivity index (χ4n) is 3.31. The number of amides is 3. The topological polar surface area (TPSA) is 81.7 Å². The molecule has 0 aliphatic heterocycles. The van der Waals surface area contributed by atoms with Gasteiger partial charge in [0.05, 0.1) is 13.2 Å². The number of carbonyl (C=O) groups is 2. The molecule has 0 spiro atoms. The molecule has 29 heavy (non-hydrogen) atoms. The highest BCUT2D eigenvalue weighted by atomic mass is 16.3. The van der Waals surface area contributed by atoms with Crippen LogP contribution in [0.1, 0.15) is 30.5 Å². The van der Waals surface area contributed by atoms with E-state index in [0.717, 1.165) is 16.7 Å². The standard InChI is InChI=1S/C23H31N3O3/c1-16(2)21(15-27)26(13-19-8-6-5-7-9-19)14-22(28)25-23(29)24-20-11-10-17(3)12-18(20)4/h5-12,16,21,27H,13-15H2,1-4H3,(H2,24,25,28,29). The summed E-state index contributed by atoms with van der Waals surface area (Å²) in [5, 5.41) is 14.9. The third-order valence-corrected chi connectivity index (χ3v) is 4.88. The van der Waals surface area contributed by atoms with Gasteiger partial charge in [0.2, 0.25) is 5.91 Å². The van der Waals surface area contributed by atoms with E-state index >= 15 is 0 Å². The summed E-state index contributed by atoms with van der Waals surface area (Å²) in [6, 6.07) is 14.7. The van der Waals surface area contributed by atoms with E-state index < -0.39 is 11.9 Å². The SMILES string of the molecule is Cc1ccc(NC(=O)NC(=O)CN(Cc2ccccc2)C(CO)C(C)C)c(C)c1. The highest BCUT2D eigenvalue weighted by Crippen LogP contribution is 2.16. The number of imide groups is 1. The molecule has 1 atom stereocenters. The van der Waals surface area contributed by atoms with Crippen LogP contribution in [-0.4, -0.2) is 41.1 Å². The number of nitrogens with zero attached hydrogens (tertiary/aromatic N) is 1. The first-order valence-electron chi connectivity index (χ1n) is 9.87. The number of nitrogens with one attached hydrogen (secondary N) is 2. The van der Waals surface area contributed by atoms with Crippen molar-refractivity contribution in [2.75, 3.05) is 18.5 Å². The number of anilines is 1. The third-order valence-electron chi connectivity index (χ3n) is 4.88. The van der Waals surface area contributed by atoms with Crippen LogP contribution in [0.3, 0.4) is 0 Å². The van der Waals surface area contributed by atoms with Gasteiger partial charge in [0.1, 0.15) is 0 Å². The normalized spacial score (nSPS) is 12.1. The van der Waals surface area contributed by atoms with Gasteiger partial charge in [-0.3, -0.25) is 15.0 Å². The van der Waals surface area contributed by atoms with Crippen LogP contribution < -0.4 is 10.6 Å². The molecule has 0 radical (unpaired) electrons. The molecule has 0 fully saturated rings. The van der Waals surface area contributed by atoms with E-state index in [2.05, 4.69) is 10.6 Å². The van der Waals surface area contributed by atoms with Crippen molar-refractivity contribution in [3.05, 3.63) is 65.2 Å². The van der Waals surface area contributed by atoms with Crippen molar-refractivity contribution in [2.24, 2.45) is 5.92 Å². The molecule has 0 aromatic heterocycles. The predicted octanol–water partition coefficient (Wildman–Crippen LogP) is 3.47. The molecule has 0 heterocycles. The Bertz CT molecular complexity index is 821. The quantitative estimate of drug-likeness (QED) is 0.637. The van der Waals surface area contributed by atoms with Crippen molar-refractivity contribution in [1.82, 2.24) is 10.2 Å². The van der Waals surface area contributed by atoms with Gasteiger partial charge in [-0.1, -0.05) is 61.9 Å². The van der Waals surface area contributed by atoms with Gasteiger partial charge in [-0.05, 0) is 37.0 Å². The van der Waals surface area contributed by atoms with Gasteiger partial charge in [0.25, 0.3) is 0 Å². The van der Waals surface area contributed by atoms with Crippen molar-refractivity contribution in [3.63, 3.8) is 0 Å². The summed E-state index contributed by atoms with van der Waals surface area (Å²) in [6.45, 7) is 8.35. The van der Waals surface area contributed by atoms with E-state index in [1.807, 2.05) is 81.1 Å². The molecule has 2 aromatic rings. The largest absolute Gasteiger partial charge is 0.395 e. The average Bonchev–Trinajstić information content (AvgIpc) is 2.65. The molecule has 0 aliphatic carbocycles. The van der Waals surface area contributed by atoms with E-state index in [-0.39, 0.29) is 25.1 Å². The van der Waals surface area contributed by atoms with Crippen molar-refractivity contribution in [1.29, 1.82) is 0 Å². The number of aryl methyl sites for hydroxylation is 2. The summed E-state index contributed by atoms with van der Waals surface area (Å²) >= 11 is 0. The molecule has 2 rings (SSSR count). The number of rotatable bonds is 8. The molecule has 6 nitrogen and oxygen atoms in total. The lowest BCUT2D eigenvalue weighted by molar-refractivity contribution is -0.122. The van der Waals surface area contributed by atoms with E-state index in [1.54, 1.807) is 0 Å². The van der Waals surface area contributed by atoms with Crippen LogP contribution in [-0.2, 0) is 11.3 Å². The highest BCUT2D eigenvalue weighted by molar-refractivity contribution is 6.02. The minimum atomic E-state index is -0.563. The number of aliphatic hydroxyl groups excluding tert-OH is 1. The molecule has 3 N–H and O–H groups in total. The van der Waals surface area contributed by atoms with E-state index in [0.29, 0.717) is 12.2 Å². The average molecular weight is 398 g/mol. The number of carbonyl (C=O) groups excluding carboxylic acids is 2. The van der Waals surface area contributed by atoms with Gasteiger partial charge in [-0.2, -0.15) is 0 Å². The summed E-state index contributed by atoms with van der Waals surface area (Å²) in [4.78, 5) is 26.7. The Morgan fingerprint density at radius 1 is 1.07 bits per heavy atom. The van der Waals surface area contributed by atoms with Gasteiger partial charge < -0.3 is 10.4 Å². The van der Waals surface area contributed by atoms with Crippen LogP contribution >= 0.6 is 0 Å². The number of aliphatic hydroxyl groups is 1. The van der Waals surface area contributed by atoms with Crippen LogP contribution in [0.4, 0.5) is 10.5 Å². The zero-order valence-corrected chi connectivity index (χ0v) is 17.6. The van der Waals surface area contributed by atoms with Gasteiger partial charge in [0.15, 0.2) is 0 Å². The van der Waals surface area contributed by atoms with Gasteiger partial charge in [-0.25, -0.2) is 4.79 Å². The Hall–Kier alpha value is -2.70. The Balaban J connectivity index is 2.03. The maximum Gasteiger partial charge on any atom is 0.325 e. The molecule has 156 valence electrons. The molecule has 1 unspecified atom stereocenters. The van der Waals surface area contributed by atoms with Crippen LogP contribution in [0.25, 0.3) is 0 Å². The number of benzene rings is 2. The van der Waals surface area contributed by atoms with Crippen LogP contribution in [0.2, 0.25) is 0 Å². The summed E-state index contributed by atoms with van der Waals surface area (Å²) in [5.74, 6) is -0.261. The Labute approximate surface area is 172 Å².